The van der Waals surface area contributed by atoms with Crippen molar-refractivity contribution in [1.29, 1.82) is 0 Å². The van der Waals surface area contributed by atoms with Crippen molar-refractivity contribution >= 4 is 20.1 Å². The Bertz CT molecular complexity index is 472. The van der Waals surface area contributed by atoms with E-state index in [0.717, 1.165) is 11.6 Å². The number of nitrogens with one attached hydrogen (secondary N) is 1. The summed E-state index contributed by atoms with van der Waals surface area (Å²) in [7, 11) is -1.22. The molecule has 0 fully saturated rings. The van der Waals surface area contributed by atoms with Crippen LogP contribution in [0.15, 0.2) is 30.3 Å². The minimum atomic E-state index is -1.22. The highest BCUT2D eigenvalue weighted by Crippen LogP contribution is 2.14. The van der Waals surface area contributed by atoms with E-state index >= 15 is 0 Å². The first-order chi connectivity index (χ1) is 9.79. The average molecular weight is 308 g/mol. The molecule has 0 saturated heterocycles. The molecule has 5 nitrogen and oxygen atoms in total. The van der Waals surface area contributed by atoms with Crippen LogP contribution in [0.4, 0.5) is 4.79 Å². The summed E-state index contributed by atoms with van der Waals surface area (Å²) in [6.07, 6.45) is -0.504. The molecular formula is C15H24N2O3Si. The second kappa shape index (κ2) is 7.83. The number of amides is 2. The van der Waals surface area contributed by atoms with E-state index in [0.29, 0.717) is 6.61 Å². The fourth-order valence-electron chi connectivity index (χ4n) is 1.75. The average Bonchev–Trinajstić information content (AvgIpc) is 2.38. The zero-order chi connectivity index (χ0) is 15.9. The third-order valence-corrected chi connectivity index (χ3v) is 4.79. The zero-order valence-corrected chi connectivity index (χ0v) is 13.9. The normalized spacial score (nSPS) is 12.5. The Morgan fingerprint density at radius 2 is 1.86 bits per heavy atom. The number of carbonyl (C=O) groups is 2. The molecule has 1 rings (SSSR count). The van der Waals surface area contributed by atoms with Gasteiger partial charge in [-0.3, -0.25) is 4.79 Å². The summed E-state index contributed by atoms with van der Waals surface area (Å²) in [5, 5.41) is 2.60. The van der Waals surface area contributed by atoms with Crippen LogP contribution in [0.5, 0.6) is 0 Å². The SMILES string of the molecule is C[Si](C)(C)CCOC(=O)NCC(C(N)=O)c1ccccc1. The number of primary amides is 1. The van der Waals surface area contributed by atoms with Gasteiger partial charge in [0.15, 0.2) is 0 Å². The number of nitrogens with two attached hydrogens (primary N) is 1. The van der Waals surface area contributed by atoms with Crippen LogP contribution >= 0.6 is 0 Å². The van der Waals surface area contributed by atoms with Crippen molar-refractivity contribution in [3.8, 4) is 0 Å². The lowest BCUT2D eigenvalue weighted by Gasteiger charge is -2.17. The van der Waals surface area contributed by atoms with E-state index in [-0.39, 0.29) is 6.54 Å². The van der Waals surface area contributed by atoms with Gasteiger partial charge in [0.1, 0.15) is 0 Å². The van der Waals surface area contributed by atoms with Crippen molar-refractivity contribution in [2.75, 3.05) is 13.2 Å². The molecule has 0 bridgehead atoms. The van der Waals surface area contributed by atoms with E-state index in [2.05, 4.69) is 25.0 Å². The van der Waals surface area contributed by atoms with Gasteiger partial charge in [-0.15, -0.1) is 0 Å². The minimum absolute atomic E-state index is 0.144. The van der Waals surface area contributed by atoms with Crippen LogP contribution in [-0.4, -0.2) is 33.2 Å². The molecule has 6 heteroatoms. The lowest BCUT2D eigenvalue weighted by Crippen LogP contribution is -2.35. The second-order valence-electron chi connectivity index (χ2n) is 6.19. The Kier molecular flexibility index (Phi) is 6.42. The van der Waals surface area contributed by atoms with Crippen LogP contribution in [0, 0.1) is 0 Å². The molecule has 0 aliphatic carbocycles. The molecule has 1 unspecified atom stereocenters. The summed E-state index contributed by atoms with van der Waals surface area (Å²) in [6.45, 7) is 7.20. The first-order valence-corrected chi connectivity index (χ1v) is 10.8. The third-order valence-electron chi connectivity index (χ3n) is 3.08. The molecule has 0 radical (unpaired) electrons. The van der Waals surface area contributed by atoms with Crippen LogP contribution in [0.25, 0.3) is 0 Å². The summed E-state index contributed by atoms with van der Waals surface area (Å²) in [4.78, 5) is 23.1. The lowest BCUT2D eigenvalue weighted by molar-refractivity contribution is -0.119. The number of hydrogen-bond donors (Lipinski definition) is 2. The monoisotopic (exact) mass is 308 g/mol. The number of rotatable bonds is 7. The molecule has 0 saturated carbocycles. The molecule has 0 heterocycles. The molecule has 0 aliphatic heterocycles. The summed E-state index contributed by atoms with van der Waals surface area (Å²) < 4.78 is 5.12. The maximum absolute atomic E-state index is 11.6. The maximum Gasteiger partial charge on any atom is 0.407 e. The van der Waals surface area contributed by atoms with Crippen molar-refractivity contribution in [3.05, 3.63) is 35.9 Å². The van der Waals surface area contributed by atoms with E-state index in [1.165, 1.54) is 0 Å². The van der Waals surface area contributed by atoms with E-state index < -0.39 is 26.0 Å². The van der Waals surface area contributed by atoms with Crippen LogP contribution < -0.4 is 11.1 Å². The number of ether oxygens (including phenoxy) is 1. The van der Waals surface area contributed by atoms with Crippen LogP contribution in [-0.2, 0) is 9.53 Å². The third kappa shape index (κ3) is 6.94. The largest absolute Gasteiger partial charge is 0.450 e. The van der Waals surface area contributed by atoms with Crippen molar-refractivity contribution in [2.24, 2.45) is 5.73 Å². The van der Waals surface area contributed by atoms with Gasteiger partial charge in [-0.1, -0.05) is 50.0 Å². The number of benzene rings is 1. The molecule has 3 N–H and O–H groups in total. The van der Waals surface area contributed by atoms with Crippen molar-refractivity contribution in [2.45, 2.75) is 31.6 Å². The zero-order valence-electron chi connectivity index (χ0n) is 12.9. The molecule has 0 aliphatic rings. The predicted molar refractivity (Wildman–Crippen MR) is 85.9 cm³/mol. The molecule has 1 aromatic rings. The van der Waals surface area contributed by atoms with Crippen LogP contribution in [0.3, 0.4) is 0 Å². The number of carbonyl (C=O) groups excluding carboxylic acids is 2. The summed E-state index contributed by atoms with van der Waals surface area (Å²) in [5.41, 5.74) is 6.17. The minimum Gasteiger partial charge on any atom is -0.450 e. The Morgan fingerprint density at radius 1 is 1.24 bits per heavy atom. The Balaban J connectivity index is 2.44. The van der Waals surface area contributed by atoms with Crippen molar-refractivity contribution < 1.29 is 14.3 Å². The Labute approximate surface area is 126 Å². The van der Waals surface area contributed by atoms with Crippen LogP contribution in [0.2, 0.25) is 25.7 Å². The standard InChI is InChI=1S/C15H24N2O3Si/c1-21(2,3)10-9-20-15(19)17-11-13(14(16)18)12-7-5-4-6-8-12/h4-8,13H,9-11H2,1-3H3,(H2,16,18)(H,17,19). The van der Waals surface area contributed by atoms with E-state index in [1.807, 2.05) is 30.3 Å². The highest BCUT2D eigenvalue weighted by Gasteiger charge is 2.19. The van der Waals surface area contributed by atoms with Gasteiger partial charge in [0.2, 0.25) is 5.91 Å². The second-order valence-corrected chi connectivity index (χ2v) is 11.8. The van der Waals surface area contributed by atoms with Gasteiger partial charge >= 0.3 is 6.09 Å². The van der Waals surface area contributed by atoms with E-state index in [4.69, 9.17) is 10.5 Å². The van der Waals surface area contributed by atoms with Gasteiger partial charge < -0.3 is 15.8 Å². The molecule has 0 aromatic heterocycles. The molecule has 0 spiro atoms. The molecule has 21 heavy (non-hydrogen) atoms. The molecule has 2 amide bonds. The lowest BCUT2D eigenvalue weighted by atomic mass is 9.99. The Hall–Kier alpha value is -1.82. The smallest absolute Gasteiger partial charge is 0.407 e. The molecular weight excluding hydrogens is 284 g/mol. The summed E-state index contributed by atoms with van der Waals surface area (Å²) in [6, 6.07) is 10.1. The van der Waals surface area contributed by atoms with Gasteiger partial charge in [0.25, 0.3) is 0 Å². The highest BCUT2D eigenvalue weighted by atomic mass is 28.3. The van der Waals surface area contributed by atoms with Crippen molar-refractivity contribution in [1.82, 2.24) is 5.32 Å². The first-order valence-electron chi connectivity index (χ1n) is 7.04. The molecule has 1 atom stereocenters. The van der Waals surface area contributed by atoms with E-state index in [9.17, 15) is 9.59 Å². The predicted octanol–water partition coefficient (Wildman–Crippen LogP) is 2.32. The highest BCUT2D eigenvalue weighted by molar-refractivity contribution is 6.76. The fourth-order valence-corrected chi connectivity index (χ4v) is 2.47. The first kappa shape index (κ1) is 17.2. The topological polar surface area (TPSA) is 81.4 Å². The van der Waals surface area contributed by atoms with Gasteiger partial charge in [0, 0.05) is 14.6 Å². The van der Waals surface area contributed by atoms with Crippen molar-refractivity contribution in [3.63, 3.8) is 0 Å². The summed E-state index contributed by atoms with van der Waals surface area (Å²) in [5.74, 6) is -1.01. The summed E-state index contributed by atoms with van der Waals surface area (Å²) >= 11 is 0. The van der Waals surface area contributed by atoms with Gasteiger partial charge in [-0.2, -0.15) is 0 Å². The van der Waals surface area contributed by atoms with Crippen LogP contribution in [0.1, 0.15) is 11.5 Å². The molecule has 1 aromatic carbocycles. The van der Waals surface area contributed by atoms with Gasteiger partial charge in [0.05, 0.1) is 12.5 Å². The number of alkyl carbamates (subject to hydrolysis) is 1. The maximum atomic E-state index is 11.6. The van der Waals surface area contributed by atoms with Gasteiger partial charge in [-0.05, 0) is 11.6 Å². The number of hydrogen-bond acceptors (Lipinski definition) is 3. The van der Waals surface area contributed by atoms with E-state index in [1.54, 1.807) is 0 Å². The quantitative estimate of drug-likeness (QED) is 0.758. The Morgan fingerprint density at radius 3 is 2.38 bits per heavy atom. The molecule has 116 valence electrons. The fraction of sp³-hybridized carbons (Fsp3) is 0.467. The van der Waals surface area contributed by atoms with Gasteiger partial charge in [-0.25, -0.2) is 4.79 Å².